The number of nitrogens with one attached hydrogen (secondary N) is 1. The first-order valence-corrected chi connectivity index (χ1v) is 14.7. The Hall–Kier alpha value is -3.64. The number of benzene rings is 1. The first-order chi connectivity index (χ1) is 18.9. The number of anilines is 1. The number of phenols is 1. The van der Waals surface area contributed by atoms with Gasteiger partial charge in [0, 0.05) is 25.7 Å². The molecule has 0 aromatic heterocycles. The van der Waals surface area contributed by atoms with E-state index in [1.165, 1.54) is 19.0 Å². The van der Waals surface area contributed by atoms with E-state index in [2.05, 4.69) is 16.6 Å². The van der Waals surface area contributed by atoms with Crippen molar-refractivity contribution in [1.82, 2.24) is 9.62 Å². The SMILES string of the molecule is CN(C)c1cc(C#CCNS(C)(=O)=O)c(O)c2c1C[C@@H]1C[C@@H]3[C@@H](N(C)C)C(=O)C(C(N)=O)C(=O)[C@]3(O)C(=O)C1C2=O. The molecule has 220 valence electrons. The maximum Gasteiger partial charge on any atom is 0.235 e. The summed E-state index contributed by atoms with van der Waals surface area (Å²) in [5.41, 5.74) is 3.29. The molecule has 2 unspecified atom stereocenters. The zero-order valence-electron chi connectivity index (χ0n) is 23.2. The molecule has 1 aromatic carbocycles. The van der Waals surface area contributed by atoms with Crippen molar-refractivity contribution in [2.24, 2.45) is 29.4 Å². The van der Waals surface area contributed by atoms with Crippen LogP contribution >= 0.6 is 0 Å². The highest BCUT2D eigenvalue weighted by molar-refractivity contribution is 7.88. The number of likely N-dealkylation sites (N-methyl/N-ethyl adjacent to an activating group) is 1. The first kappa shape index (κ1) is 30.3. The quantitative estimate of drug-likeness (QED) is 0.215. The number of nitrogens with two attached hydrogens (primary N) is 1. The Morgan fingerprint density at radius 2 is 1.80 bits per heavy atom. The average Bonchev–Trinajstić information content (AvgIpc) is 2.83. The molecule has 1 amide bonds. The van der Waals surface area contributed by atoms with Crippen molar-refractivity contribution in [3.05, 3.63) is 22.8 Å². The third kappa shape index (κ3) is 4.82. The van der Waals surface area contributed by atoms with Crippen molar-refractivity contribution in [2.75, 3.05) is 45.9 Å². The fourth-order valence-corrected chi connectivity index (χ4v) is 6.79. The Labute approximate surface area is 237 Å². The zero-order valence-corrected chi connectivity index (χ0v) is 24.0. The lowest BCUT2D eigenvalue weighted by Crippen LogP contribution is -2.74. The monoisotopic (exact) mass is 588 g/mol. The molecule has 0 aliphatic heterocycles. The number of ketones is 4. The van der Waals surface area contributed by atoms with Crippen LogP contribution in [-0.2, 0) is 35.6 Å². The number of carbonyl (C=O) groups is 5. The van der Waals surface area contributed by atoms with Gasteiger partial charge >= 0.3 is 0 Å². The Kier molecular flexibility index (Phi) is 7.63. The highest BCUT2D eigenvalue weighted by Gasteiger charge is 2.69. The highest BCUT2D eigenvalue weighted by Crippen LogP contribution is 2.52. The van der Waals surface area contributed by atoms with E-state index >= 15 is 0 Å². The molecule has 1 aromatic rings. The van der Waals surface area contributed by atoms with Gasteiger partial charge in [0.1, 0.15) is 5.75 Å². The molecule has 6 atom stereocenters. The summed E-state index contributed by atoms with van der Waals surface area (Å²) in [5, 5.41) is 22.8. The normalized spacial score (nSPS) is 29.3. The van der Waals surface area contributed by atoms with Crippen molar-refractivity contribution in [3.63, 3.8) is 0 Å². The molecule has 0 radical (unpaired) electrons. The molecular weight excluding hydrogens is 556 g/mol. The van der Waals surface area contributed by atoms with Gasteiger partial charge in [0.25, 0.3) is 0 Å². The molecule has 41 heavy (non-hydrogen) atoms. The highest BCUT2D eigenvalue weighted by atomic mass is 32.2. The third-order valence-corrected chi connectivity index (χ3v) is 8.83. The van der Waals surface area contributed by atoms with Gasteiger partial charge in [0.05, 0.1) is 35.9 Å². The zero-order chi connectivity index (χ0) is 30.8. The minimum absolute atomic E-state index is 0.00945. The van der Waals surface area contributed by atoms with Crippen molar-refractivity contribution >= 4 is 44.8 Å². The molecule has 3 aliphatic rings. The van der Waals surface area contributed by atoms with Gasteiger partial charge in [-0.25, -0.2) is 13.1 Å². The van der Waals surface area contributed by atoms with E-state index in [0.29, 0.717) is 11.3 Å². The van der Waals surface area contributed by atoms with Crippen LogP contribution in [0.3, 0.4) is 0 Å². The Balaban J connectivity index is 1.85. The summed E-state index contributed by atoms with van der Waals surface area (Å²) in [7, 11) is 2.94. The molecule has 5 N–H and O–H groups in total. The predicted molar refractivity (Wildman–Crippen MR) is 145 cm³/mol. The van der Waals surface area contributed by atoms with Crippen LogP contribution in [0.4, 0.5) is 5.69 Å². The maximum atomic E-state index is 14.0. The van der Waals surface area contributed by atoms with Gasteiger partial charge in [-0.05, 0) is 44.5 Å². The number of carbonyl (C=O) groups excluding carboxylic acids is 5. The summed E-state index contributed by atoms with van der Waals surface area (Å²) in [4.78, 5) is 69.7. The molecule has 14 heteroatoms. The minimum Gasteiger partial charge on any atom is -0.506 e. The number of rotatable bonds is 5. The molecule has 13 nitrogen and oxygen atoms in total. The lowest BCUT2D eigenvalue weighted by molar-refractivity contribution is -0.181. The Morgan fingerprint density at radius 3 is 2.34 bits per heavy atom. The first-order valence-electron chi connectivity index (χ1n) is 12.8. The molecule has 3 aliphatic carbocycles. The van der Waals surface area contributed by atoms with E-state index in [-0.39, 0.29) is 30.5 Å². The summed E-state index contributed by atoms with van der Waals surface area (Å²) < 4.78 is 24.9. The van der Waals surface area contributed by atoms with E-state index in [1.54, 1.807) is 25.1 Å². The van der Waals surface area contributed by atoms with Gasteiger partial charge in [0.2, 0.25) is 15.9 Å². The summed E-state index contributed by atoms with van der Waals surface area (Å²) >= 11 is 0. The second kappa shape index (κ2) is 10.3. The van der Waals surface area contributed by atoms with Crippen LogP contribution < -0.4 is 15.4 Å². The summed E-state index contributed by atoms with van der Waals surface area (Å²) in [6, 6.07) is 0.362. The Bertz CT molecular complexity index is 1560. The molecule has 0 heterocycles. The molecule has 0 bridgehead atoms. The lowest BCUT2D eigenvalue weighted by Gasteiger charge is -2.52. The number of hydrogen-bond donors (Lipinski definition) is 4. The number of primary amides is 1. The van der Waals surface area contributed by atoms with Crippen LogP contribution in [0.25, 0.3) is 0 Å². The summed E-state index contributed by atoms with van der Waals surface area (Å²) in [6.07, 6.45) is 1.01. The van der Waals surface area contributed by atoms with Crippen molar-refractivity contribution in [1.29, 1.82) is 0 Å². The number of hydrogen-bond acceptors (Lipinski definition) is 11. The fourth-order valence-electron chi connectivity index (χ4n) is 6.45. The van der Waals surface area contributed by atoms with Gasteiger partial charge in [0.15, 0.2) is 34.7 Å². The van der Waals surface area contributed by atoms with Gasteiger partial charge < -0.3 is 20.8 Å². The van der Waals surface area contributed by atoms with Gasteiger partial charge in [-0.15, -0.1) is 0 Å². The van der Waals surface area contributed by atoms with Crippen LogP contribution in [0.5, 0.6) is 5.75 Å². The number of amides is 1. The number of aliphatic hydroxyl groups is 1. The lowest BCUT2D eigenvalue weighted by atomic mass is 9.52. The number of nitrogens with zero attached hydrogens (tertiary/aromatic N) is 2. The van der Waals surface area contributed by atoms with Crippen LogP contribution in [0.1, 0.15) is 27.9 Å². The van der Waals surface area contributed by atoms with Crippen LogP contribution in [0.15, 0.2) is 6.07 Å². The van der Waals surface area contributed by atoms with E-state index in [9.17, 15) is 42.6 Å². The van der Waals surface area contributed by atoms with Crippen LogP contribution in [0, 0.1) is 35.5 Å². The number of sulfonamides is 1. The summed E-state index contributed by atoms with van der Waals surface area (Å²) in [5.74, 6) is -6.22. The van der Waals surface area contributed by atoms with Crippen molar-refractivity contribution in [3.8, 4) is 17.6 Å². The van der Waals surface area contributed by atoms with Crippen molar-refractivity contribution in [2.45, 2.75) is 24.5 Å². The minimum atomic E-state index is -3.51. The van der Waals surface area contributed by atoms with Gasteiger partial charge in [-0.2, -0.15) is 0 Å². The molecule has 0 spiro atoms. The van der Waals surface area contributed by atoms with Gasteiger partial charge in [-0.3, -0.25) is 28.9 Å². The van der Waals surface area contributed by atoms with E-state index < -0.39 is 80.1 Å². The predicted octanol–water partition coefficient (Wildman–Crippen LogP) is -2.17. The van der Waals surface area contributed by atoms with Gasteiger partial charge in [-0.1, -0.05) is 11.8 Å². The van der Waals surface area contributed by atoms with E-state index in [0.717, 1.165) is 6.26 Å². The second-order valence-electron chi connectivity index (χ2n) is 11.2. The summed E-state index contributed by atoms with van der Waals surface area (Å²) in [6.45, 7) is -0.257. The molecule has 4 rings (SSSR count). The topological polar surface area (TPSA) is 204 Å². The second-order valence-corrected chi connectivity index (χ2v) is 13.1. The van der Waals surface area contributed by atoms with Crippen LogP contribution in [0.2, 0.25) is 0 Å². The molecule has 2 saturated carbocycles. The van der Waals surface area contributed by atoms with E-state index in [1.807, 2.05) is 0 Å². The smallest absolute Gasteiger partial charge is 0.235 e. The largest absolute Gasteiger partial charge is 0.506 e. The Morgan fingerprint density at radius 1 is 1.17 bits per heavy atom. The molecule has 0 saturated heterocycles. The number of fused-ring (bicyclic) bond motifs is 3. The molecular formula is C27H32N4O9S. The van der Waals surface area contributed by atoms with Crippen LogP contribution in [-0.4, -0.2) is 105 Å². The maximum absolute atomic E-state index is 14.0. The number of aromatic hydroxyl groups is 1. The standard InChI is InChI=1S/C27H32N4O9S/c1-30(2)16-11-12(7-6-8-29-41(5,39)40)21(32)18-14(16)9-13-10-15-20(31(3)4)23(34)19(26(28)37)25(36)27(15,38)24(35)17(13)22(18)33/h11,13,15,17,19-20,29,32,38H,8-10H2,1-5H3,(H2,28,37)/t13-,15-,17?,19?,20-,27-/m1/s1. The average molecular weight is 589 g/mol. The van der Waals surface area contributed by atoms with E-state index in [4.69, 9.17) is 5.73 Å². The molecule has 2 fully saturated rings. The number of phenolic OH excluding ortho intramolecular Hbond substituents is 1. The van der Waals surface area contributed by atoms with Crippen molar-refractivity contribution < 1.29 is 42.6 Å². The third-order valence-electron chi connectivity index (χ3n) is 8.17. The fraction of sp³-hybridized carbons (Fsp3) is 0.519. The number of Topliss-reactive ketones (excluding diaryl/α,β-unsaturated/α-hetero) is 4.